The van der Waals surface area contributed by atoms with E-state index in [9.17, 15) is 9.90 Å². The molecule has 0 spiro atoms. The van der Waals surface area contributed by atoms with E-state index in [2.05, 4.69) is 56.4 Å². The second kappa shape index (κ2) is 12.3. The van der Waals surface area contributed by atoms with Gasteiger partial charge in [0.25, 0.3) is 0 Å². The van der Waals surface area contributed by atoms with E-state index in [0.29, 0.717) is 13.0 Å². The highest BCUT2D eigenvalue weighted by atomic mass is 16.3. The van der Waals surface area contributed by atoms with Crippen molar-refractivity contribution in [2.24, 2.45) is 0 Å². The van der Waals surface area contributed by atoms with E-state index in [1.165, 1.54) is 23.6 Å². The largest absolute Gasteiger partial charge is 0.392 e. The van der Waals surface area contributed by atoms with E-state index in [4.69, 9.17) is 5.11 Å². The van der Waals surface area contributed by atoms with Gasteiger partial charge in [-0.05, 0) is 56.7 Å². The monoisotopic (exact) mass is 371 g/mol. The molecular formula is C23H33NO3. The number of allylic oxidation sites excluding steroid dienone is 4. The van der Waals surface area contributed by atoms with E-state index in [1.54, 1.807) is 6.08 Å². The summed E-state index contributed by atoms with van der Waals surface area (Å²) in [5.74, 6) is -0.116. The lowest BCUT2D eigenvalue weighted by Gasteiger charge is -2.10. The molecule has 0 aliphatic carbocycles. The highest BCUT2D eigenvalue weighted by molar-refractivity contribution is 5.75. The van der Waals surface area contributed by atoms with Crippen molar-refractivity contribution in [1.29, 1.82) is 0 Å². The van der Waals surface area contributed by atoms with Crippen LogP contribution in [0.3, 0.4) is 0 Å². The van der Waals surface area contributed by atoms with Crippen LogP contribution in [0, 0.1) is 6.92 Å². The molecule has 0 heterocycles. The summed E-state index contributed by atoms with van der Waals surface area (Å²) in [6, 6.07) is 6.33. The molecule has 0 saturated carbocycles. The van der Waals surface area contributed by atoms with Gasteiger partial charge >= 0.3 is 0 Å². The van der Waals surface area contributed by atoms with Gasteiger partial charge in [0, 0.05) is 13.5 Å². The lowest BCUT2D eigenvalue weighted by molar-refractivity contribution is -0.119. The Labute approximate surface area is 163 Å². The van der Waals surface area contributed by atoms with Gasteiger partial charge in [-0.15, -0.1) is 0 Å². The highest BCUT2D eigenvalue weighted by Gasteiger charge is 2.04. The topological polar surface area (TPSA) is 69.6 Å². The number of benzene rings is 1. The van der Waals surface area contributed by atoms with E-state index >= 15 is 0 Å². The van der Waals surface area contributed by atoms with Crippen molar-refractivity contribution in [2.75, 3.05) is 13.2 Å². The van der Waals surface area contributed by atoms with Crippen molar-refractivity contribution in [3.8, 4) is 0 Å². The van der Waals surface area contributed by atoms with Crippen LogP contribution in [0.15, 0.2) is 42.0 Å². The van der Waals surface area contributed by atoms with Gasteiger partial charge in [0.05, 0.1) is 12.7 Å². The molecule has 0 saturated heterocycles. The van der Waals surface area contributed by atoms with Gasteiger partial charge in [-0.1, -0.05) is 53.6 Å². The smallest absolute Gasteiger partial charge is 0.216 e. The number of hydrogen-bond acceptors (Lipinski definition) is 3. The normalized spacial score (nSPS) is 13.9. The SMILES string of the molecule is CC(=O)NC[C@@H](O)CCC/C=C(C)/C=C(/C)c1ccc(C)cc1/C=C/CO. The minimum atomic E-state index is -0.492. The number of hydrogen-bond donors (Lipinski definition) is 3. The summed E-state index contributed by atoms with van der Waals surface area (Å²) in [6.45, 7) is 8.03. The van der Waals surface area contributed by atoms with Gasteiger partial charge in [-0.25, -0.2) is 0 Å². The standard InChI is InChI=1S/C23H33NO3/c1-17(8-5-6-10-22(27)16-24-20(4)26)14-19(3)23-12-11-18(2)15-21(23)9-7-13-25/h7-9,11-12,14-15,22,25,27H,5-6,10,13,16H2,1-4H3,(H,24,26)/b9-7+,17-8+,19-14-/t22-/m0/s1. The Morgan fingerprint density at radius 1 is 1.26 bits per heavy atom. The molecule has 3 N–H and O–H groups in total. The summed E-state index contributed by atoms with van der Waals surface area (Å²) in [7, 11) is 0. The third-order valence-corrected chi connectivity index (χ3v) is 4.27. The maximum Gasteiger partial charge on any atom is 0.216 e. The Balaban J connectivity index is 2.67. The van der Waals surface area contributed by atoms with Crippen molar-refractivity contribution in [3.05, 3.63) is 58.7 Å². The molecule has 148 valence electrons. The molecule has 0 radical (unpaired) electrons. The predicted octanol–water partition coefficient (Wildman–Crippen LogP) is 4.02. The van der Waals surface area contributed by atoms with Crippen molar-refractivity contribution in [1.82, 2.24) is 5.32 Å². The maximum atomic E-state index is 10.8. The van der Waals surface area contributed by atoms with Crippen LogP contribution in [0.4, 0.5) is 0 Å². The van der Waals surface area contributed by atoms with Crippen LogP contribution in [-0.4, -0.2) is 35.4 Å². The number of unbranched alkanes of at least 4 members (excludes halogenated alkanes) is 1. The Bertz CT molecular complexity index is 702. The van der Waals surface area contributed by atoms with Crippen LogP contribution >= 0.6 is 0 Å². The number of rotatable bonds is 10. The number of aryl methyl sites for hydroxylation is 1. The molecule has 1 aromatic carbocycles. The van der Waals surface area contributed by atoms with Crippen LogP contribution in [0.2, 0.25) is 0 Å². The van der Waals surface area contributed by atoms with Gasteiger partial charge in [0.1, 0.15) is 0 Å². The Kier molecular flexibility index (Phi) is 10.4. The fourth-order valence-corrected chi connectivity index (χ4v) is 2.88. The molecule has 0 aromatic heterocycles. The van der Waals surface area contributed by atoms with Gasteiger partial charge in [0.15, 0.2) is 0 Å². The fourth-order valence-electron chi connectivity index (χ4n) is 2.88. The third-order valence-electron chi connectivity index (χ3n) is 4.27. The molecule has 1 aromatic rings. The quantitative estimate of drug-likeness (QED) is 0.430. The molecular weight excluding hydrogens is 338 g/mol. The van der Waals surface area contributed by atoms with Gasteiger partial charge in [0.2, 0.25) is 5.91 Å². The third kappa shape index (κ3) is 9.36. The van der Waals surface area contributed by atoms with Crippen molar-refractivity contribution in [3.63, 3.8) is 0 Å². The molecule has 0 aliphatic heterocycles. The van der Waals surface area contributed by atoms with Gasteiger partial charge in [-0.3, -0.25) is 4.79 Å². The van der Waals surface area contributed by atoms with Crippen LogP contribution < -0.4 is 5.32 Å². The molecule has 0 aliphatic rings. The molecule has 0 unspecified atom stereocenters. The van der Waals surface area contributed by atoms with E-state index in [1.807, 2.05) is 6.08 Å². The summed E-state index contributed by atoms with van der Waals surface area (Å²) < 4.78 is 0. The average molecular weight is 372 g/mol. The van der Waals surface area contributed by atoms with Crippen LogP contribution in [0.1, 0.15) is 56.7 Å². The summed E-state index contributed by atoms with van der Waals surface area (Å²) in [6.07, 6.45) is 9.98. The first kappa shape index (κ1) is 22.9. The first-order valence-corrected chi connectivity index (χ1v) is 9.49. The number of aliphatic hydroxyl groups is 2. The number of aliphatic hydroxyl groups excluding tert-OH is 2. The summed E-state index contributed by atoms with van der Waals surface area (Å²) >= 11 is 0. The maximum absolute atomic E-state index is 10.8. The molecule has 4 heteroatoms. The molecule has 0 fully saturated rings. The van der Waals surface area contributed by atoms with Gasteiger partial charge < -0.3 is 15.5 Å². The van der Waals surface area contributed by atoms with Crippen LogP contribution in [0.5, 0.6) is 0 Å². The van der Waals surface area contributed by atoms with Crippen molar-refractivity contribution in [2.45, 2.75) is 53.1 Å². The predicted molar refractivity (Wildman–Crippen MR) is 113 cm³/mol. The lowest BCUT2D eigenvalue weighted by atomic mass is 9.96. The summed E-state index contributed by atoms with van der Waals surface area (Å²) in [5, 5.41) is 21.5. The van der Waals surface area contributed by atoms with E-state index in [0.717, 1.165) is 24.0 Å². The minimum Gasteiger partial charge on any atom is -0.392 e. The first-order valence-electron chi connectivity index (χ1n) is 9.49. The Morgan fingerprint density at radius 3 is 2.67 bits per heavy atom. The van der Waals surface area contributed by atoms with E-state index in [-0.39, 0.29) is 12.5 Å². The minimum absolute atomic E-state index is 0.0306. The second-order valence-corrected chi connectivity index (χ2v) is 6.97. The number of carbonyl (C=O) groups is 1. The Hall–Kier alpha value is -2.17. The van der Waals surface area contributed by atoms with Crippen molar-refractivity contribution >= 4 is 17.6 Å². The lowest BCUT2D eigenvalue weighted by Crippen LogP contribution is -2.30. The number of amides is 1. The zero-order chi connectivity index (χ0) is 20.2. The number of nitrogens with one attached hydrogen (secondary N) is 1. The second-order valence-electron chi connectivity index (χ2n) is 6.97. The van der Waals surface area contributed by atoms with Gasteiger partial charge in [-0.2, -0.15) is 0 Å². The fraction of sp³-hybridized carbons (Fsp3) is 0.435. The average Bonchev–Trinajstić information content (AvgIpc) is 2.61. The highest BCUT2D eigenvalue weighted by Crippen LogP contribution is 2.23. The molecule has 1 atom stereocenters. The molecule has 0 bridgehead atoms. The molecule has 1 rings (SSSR count). The molecule has 4 nitrogen and oxygen atoms in total. The zero-order valence-corrected chi connectivity index (χ0v) is 17.0. The summed E-state index contributed by atoms with van der Waals surface area (Å²) in [4.78, 5) is 10.8. The van der Waals surface area contributed by atoms with Crippen LogP contribution in [0.25, 0.3) is 11.6 Å². The van der Waals surface area contributed by atoms with Crippen molar-refractivity contribution < 1.29 is 15.0 Å². The molecule has 27 heavy (non-hydrogen) atoms. The van der Waals surface area contributed by atoms with Crippen LogP contribution in [-0.2, 0) is 4.79 Å². The Morgan fingerprint density at radius 2 is 2.00 bits per heavy atom. The number of carbonyl (C=O) groups excluding carboxylic acids is 1. The zero-order valence-electron chi connectivity index (χ0n) is 17.0. The first-order chi connectivity index (χ1) is 12.8. The molecule has 1 amide bonds. The van der Waals surface area contributed by atoms with E-state index < -0.39 is 6.10 Å². The summed E-state index contributed by atoms with van der Waals surface area (Å²) in [5.41, 5.74) is 5.80.